The Kier molecular flexibility index (Phi) is 3.88. The van der Waals surface area contributed by atoms with Gasteiger partial charge in [0, 0.05) is 18.2 Å². The van der Waals surface area contributed by atoms with Crippen LogP contribution < -0.4 is 12.4 Å². The fraction of sp³-hybridized carbons (Fsp3) is 0. The number of hydrogen-bond donors (Lipinski definition) is 5. The normalized spacial score (nSPS) is 10.4. The largest absolute Gasteiger partial charge is 1.00 e. The van der Waals surface area contributed by atoms with E-state index in [0.29, 0.717) is 11.0 Å². The smallest absolute Gasteiger partial charge is 0.402 e. The molecule has 0 saturated heterocycles. The zero-order chi connectivity index (χ0) is 15.1. The van der Waals surface area contributed by atoms with Gasteiger partial charge in [0.25, 0.3) is 0 Å². The maximum Gasteiger partial charge on any atom is 0.402 e. The Hall–Kier alpha value is -2.86. The van der Waals surface area contributed by atoms with Crippen LogP contribution in [-0.2, 0) is 0 Å². The van der Waals surface area contributed by atoms with E-state index < -0.39 is 17.2 Å². The molecule has 2 aromatic carbocycles. The summed E-state index contributed by atoms with van der Waals surface area (Å²) in [6.45, 7) is 0. The summed E-state index contributed by atoms with van der Waals surface area (Å²) >= 11 is 0. The molecule has 0 bridgehead atoms. The number of phenols is 4. The lowest BCUT2D eigenvalue weighted by molar-refractivity contribution is -0.00000920. The molecule has 7 heteroatoms. The van der Waals surface area contributed by atoms with Crippen LogP contribution in [0.5, 0.6) is 28.7 Å². The molecule has 114 valence electrons. The van der Waals surface area contributed by atoms with Gasteiger partial charge in [-0.05, 0) is 12.1 Å². The molecule has 0 unspecified atom stereocenters. The molecule has 5 N–H and O–H groups in total. The van der Waals surface area contributed by atoms with Crippen molar-refractivity contribution in [3.05, 3.63) is 36.4 Å². The summed E-state index contributed by atoms with van der Waals surface area (Å²) in [5.41, 5.74) is 0.486. The second kappa shape index (κ2) is 5.50. The molecule has 0 spiro atoms. The van der Waals surface area contributed by atoms with Gasteiger partial charge < -0.3 is 37.9 Å². The van der Waals surface area contributed by atoms with Crippen molar-refractivity contribution in [2.75, 3.05) is 0 Å². The van der Waals surface area contributed by atoms with Crippen LogP contribution in [0.4, 0.5) is 0 Å². The second-order valence-electron chi connectivity index (χ2n) is 4.55. The summed E-state index contributed by atoms with van der Waals surface area (Å²) in [6, 6.07) is 8.11. The molecule has 0 radical (unpaired) electrons. The van der Waals surface area contributed by atoms with E-state index in [9.17, 15) is 25.5 Å². The van der Waals surface area contributed by atoms with Gasteiger partial charge in [-0.3, -0.25) is 0 Å². The predicted molar refractivity (Wildman–Crippen MR) is 74.4 cm³/mol. The van der Waals surface area contributed by atoms with E-state index in [1.165, 1.54) is 18.2 Å². The molecule has 0 fully saturated rings. The minimum atomic E-state index is -0.656. The SMILES string of the molecule is Oc1ccc2cc(O)c(-c3cc(O)c(O)c(O)c3)[o+]c2c1.[Cl-]. The van der Waals surface area contributed by atoms with Gasteiger partial charge in [-0.1, -0.05) is 0 Å². The Morgan fingerprint density at radius 1 is 0.727 bits per heavy atom. The van der Waals surface area contributed by atoms with E-state index in [0.717, 1.165) is 12.1 Å². The van der Waals surface area contributed by atoms with Gasteiger partial charge in [0.15, 0.2) is 17.2 Å². The fourth-order valence-corrected chi connectivity index (χ4v) is 2.05. The molecule has 0 aliphatic rings. The number of benzene rings is 2. The topological polar surface area (TPSA) is 112 Å². The van der Waals surface area contributed by atoms with Crippen LogP contribution in [-0.4, -0.2) is 25.5 Å². The number of hydrogen-bond acceptors (Lipinski definition) is 5. The quantitative estimate of drug-likeness (QED) is 0.316. The molecule has 0 saturated carbocycles. The van der Waals surface area contributed by atoms with Crippen molar-refractivity contribution in [2.24, 2.45) is 0 Å². The van der Waals surface area contributed by atoms with Crippen LogP contribution >= 0.6 is 0 Å². The highest BCUT2D eigenvalue weighted by molar-refractivity contribution is 5.83. The average Bonchev–Trinajstić information content (AvgIpc) is 2.44. The van der Waals surface area contributed by atoms with Gasteiger partial charge in [0.2, 0.25) is 5.75 Å². The van der Waals surface area contributed by atoms with Crippen molar-refractivity contribution in [1.82, 2.24) is 0 Å². The van der Waals surface area contributed by atoms with Crippen LogP contribution in [0.3, 0.4) is 0 Å². The first-order chi connectivity index (χ1) is 9.95. The standard InChI is InChI=1S/C15H10O6.ClH/c16-9-2-1-7-3-12(19)15(21-13(7)6-9)8-4-10(17)14(20)11(18)5-8;/h1-6H,(H4-,16,17,18,19,20);1H. The highest BCUT2D eigenvalue weighted by Crippen LogP contribution is 2.42. The van der Waals surface area contributed by atoms with E-state index in [2.05, 4.69) is 0 Å². The molecule has 1 heterocycles. The van der Waals surface area contributed by atoms with Crippen molar-refractivity contribution in [3.8, 4) is 40.1 Å². The summed E-state index contributed by atoms with van der Waals surface area (Å²) < 4.78 is 5.50. The van der Waals surface area contributed by atoms with Crippen molar-refractivity contribution < 1.29 is 42.4 Å². The van der Waals surface area contributed by atoms with Crippen LogP contribution in [0.1, 0.15) is 0 Å². The number of fused-ring (bicyclic) bond motifs is 1. The minimum absolute atomic E-state index is 0. The second-order valence-corrected chi connectivity index (χ2v) is 4.55. The first-order valence-corrected chi connectivity index (χ1v) is 6.00. The van der Waals surface area contributed by atoms with Crippen LogP contribution in [0.25, 0.3) is 22.3 Å². The average molecular weight is 323 g/mol. The van der Waals surface area contributed by atoms with E-state index in [4.69, 9.17) is 4.42 Å². The van der Waals surface area contributed by atoms with Crippen LogP contribution in [0.2, 0.25) is 0 Å². The van der Waals surface area contributed by atoms with Gasteiger partial charge in [-0.25, -0.2) is 4.42 Å². The molecule has 0 atom stereocenters. The molecule has 0 aliphatic heterocycles. The van der Waals surface area contributed by atoms with Crippen molar-refractivity contribution >= 4 is 11.0 Å². The highest BCUT2D eigenvalue weighted by atomic mass is 35.5. The summed E-state index contributed by atoms with van der Waals surface area (Å²) in [5, 5.41) is 48.4. The third kappa shape index (κ3) is 2.51. The van der Waals surface area contributed by atoms with E-state index in [1.54, 1.807) is 6.07 Å². The van der Waals surface area contributed by atoms with Crippen molar-refractivity contribution in [1.29, 1.82) is 0 Å². The fourth-order valence-electron chi connectivity index (χ4n) is 2.05. The number of rotatable bonds is 1. The van der Waals surface area contributed by atoms with Crippen molar-refractivity contribution in [2.45, 2.75) is 0 Å². The molecular formula is C15H11ClO6. The maximum absolute atomic E-state index is 10.0. The molecule has 0 amide bonds. The molecule has 6 nitrogen and oxygen atoms in total. The summed E-state index contributed by atoms with van der Waals surface area (Å²) in [7, 11) is 0. The monoisotopic (exact) mass is 322 g/mol. The van der Waals surface area contributed by atoms with Gasteiger partial charge in [-0.2, -0.15) is 0 Å². The van der Waals surface area contributed by atoms with Crippen molar-refractivity contribution in [3.63, 3.8) is 0 Å². The number of halogens is 1. The predicted octanol–water partition coefficient (Wildman–Crippen LogP) is -0.0871. The summed E-state index contributed by atoms with van der Waals surface area (Å²) in [6.07, 6.45) is 0. The minimum Gasteiger partial charge on any atom is -1.00 e. The molecule has 1 aromatic heterocycles. The van der Waals surface area contributed by atoms with E-state index >= 15 is 0 Å². The maximum atomic E-state index is 10.0. The first-order valence-electron chi connectivity index (χ1n) is 6.00. The third-order valence-corrected chi connectivity index (χ3v) is 3.07. The lowest BCUT2D eigenvalue weighted by atomic mass is 10.1. The summed E-state index contributed by atoms with van der Waals surface area (Å²) in [5.74, 6) is -1.97. The molecule has 22 heavy (non-hydrogen) atoms. The Morgan fingerprint density at radius 3 is 2.00 bits per heavy atom. The molecule has 3 aromatic rings. The number of phenolic OH excluding ortho intramolecular Hbond substituents is 4. The Morgan fingerprint density at radius 2 is 1.36 bits per heavy atom. The Labute approximate surface area is 130 Å². The molecule has 3 rings (SSSR count). The molecular weight excluding hydrogens is 312 g/mol. The van der Waals surface area contributed by atoms with Gasteiger partial charge in [-0.15, -0.1) is 0 Å². The zero-order valence-electron chi connectivity index (χ0n) is 11.0. The Bertz CT molecular complexity index is 839. The highest BCUT2D eigenvalue weighted by Gasteiger charge is 2.24. The third-order valence-electron chi connectivity index (χ3n) is 3.07. The van der Waals surface area contributed by atoms with Crippen LogP contribution in [0.15, 0.2) is 40.8 Å². The van der Waals surface area contributed by atoms with E-state index in [-0.39, 0.29) is 35.2 Å². The molecule has 0 aliphatic carbocycles. The van der Waals surface area contributed by atoms with Gasteiger partial charge in [0.05, 0.1) is 17.0 Å². The zero-order valence-corrected chi connectivity index (χ0v) is 11.7. The van der Waals surface area contributed by atoms with Crippen LogP contribution in [0, 0.1) is 0 Å². The lowest BCUT2D eigenvalue weighted by Gasteiger charge is -2.02. The number of aromatic hydroxyl groups is 5. The Balaban J connectivity index is 0.00000176. The van der Waals surface area contributed by atoms with Gasteiger partial charge in [0.1, 0.15) is 5.75 Å². The first kappa shape index (κ1) is 15.5. The van der Waals surface area contributed by atoms with Gasteiger partial charge >= 0.3 is 11.3 Å². The van der Waals surface area contributed by atoms with E-state index in [1.807, 2.05) is 0 Å². The lowest BCUT2D eigenvalue weighted by Crippen LogP contribution is -3.00. The summed E-state index contributed by atoms with van der Waals surface area (Å²) in [4.78, 5) is 0.